The van der Waals surface area contributed by atoms with Crippen molar-refractivity contribution in [3.63, 3.8) is 0 Å². The molecule has 7 heteroatoms. The second-order valence-corrected chi connectivity index (χ2v) is 7.59. The first-order valence-corrected chi connectivity index (χ1v) is 9.90. The molecule has 5 rings (SSSR count). The SMILES string of the molecule is O=c1c2ccccc2c(-c2nc(-c3ccc(Br)cc3)no2)cn1-c1ccc(F)cc1. The lowest BCUT2D eigenvalue weighted by molar-refractivity contribution is 0.432. The molecular weight excluding hydrogens is 449 g/mol. The van der Waals surface area contributed by atoms with E-state index in [4.69, 9.17) is 4.52 Å². The molecule has 0 radical (unpaired) electrons. The van der Waals surface area contributed by atoms with E-state index < -0.39 is 0 Å². The van der Waals surface area contributed by atoms with Crippen LogP contribution in [-0.4, -0.2) is 14.7 Å². The van der Waals surface area contributed by atoms with Gasteiger partial charge in [0.05, 0.1) is 5.56 Å². The number of pyridine rings is 1. The Hall–Kier alpha value is -3.58. The lowest BCUT2D eigenvalue weighted by Gasteiger charge is -2.10. The van der Waals surface area contributed by atoms with Crippen molar-refractivity contribution < 1.29 is 8.91 Å². The maximum absolute atomic E-state index is 13.4. The van der Waals surface area contributed by atoms with Gasteiger partial charge in [0.25, 0.3) is 11.4 Å². The Bertz CT molecular complexity index is 1420. The van der Waals surface area contributed by atoms with Gasteiger partial charge in [-0.2, -0.15) is 4.98 Å². The molecule has 0 saturated carbocycles. The molecule has 0 aliphatic carbocycles. The summed E-state index contributed by atoms with van der Waals surface area (Å²) in [4.78, 5) is 17.6. The summed E-state index contributed by atoms with van der Waals surface area (Å²) in [5, 5.41) is 5.30. The van der Waals surface area contributed by atoms with Crippen LogP contribution in [0.1, 0.15) is 0 Å². The second kappa shape index (κ2) is 7.35. The molecule has 0 aliphatic heterocycles. The van der Waals surface area contributed by atoms with Crippen LogP contribution < -0.4 is 5.56 Å². The zero-order valence-corrected chi connectivity index (χ0v) is 17.0. The van der Waals surface area contributed by atoms with Gasteiger partial charge in [0.2, 0.25) is 5.82 Å². The van der Waals surface area contributed by atoms with Crippen LogP contribution in [0.2, 0.25) is 0 Å². The van der Waals surface area contributed by atoms with Crippen molar-refractivity contribution in [2.45, 2.75) is 0 Å². The van der Waals surface area contributed by atoms with Crippen LogP contribution in [0.25, 0.3) is 39.3 Å². The van der Waals surface area contributed by atoms with Gasteiger partial charge in [-0.25, -0.2) is 4.39 Å². The molecule has 3 aromatic carbocycles. The Balaban J connectivity index is 1.71. The molecule has 0 saturated heterocycles. The van der Waals surface area contributed by atoms with Crippen LogP contribution >= 0.6 is 15.9 Å². The normalized spacial score (nSPS) is 11.1. The van der Waals surface area contributed by atoms with E-state index in [1.165, 1.54) is 16.7 Å². The molecule has 0 N–H and O–H groups in total. The molecule has 0 fully saturated rings. The maximum atomic E-state index is 13.4. The van der Waals surface area contributed by atoms with Crippen molar-refractivity contribution in [3.8, 4) is 28.5 Å². The van der Waals surface area contributed by atoms with Crippen LogP contribution in [-0.2, 0) is 0 Å². The zero-order chi connectivity index (χ0) is 20.7. The molecule has 0 amide bonds. The highest BCUT2D eigenvalue weighted by molar-refractivity contribution is 9.10. The molecule has 146 valence electrons. The van der Waals surface area contributed by atoms with Crippen LogP contribution in [0.4, 0.5) is 4.39 Å². The molecule has 0 unspecified atom stereocenters. The third-order valence-electron chi connectivity index (χ3n) is 4.79. The smallest absolute Gasteiger partial charge is 0.262 e. The lowest BCUT2D eigenvalue weighted by Crippen LogP contribution is -2.18. The molecule has 0 aliphatic rings. The predicted octanol–water partition coefficient (Wildman–Crippen LogP) is 5.61. The lowest BCUT2D eigenvalue weighted by atomic mass is 10.1. The molecule has 2 aromatic heterocycles. The van der Waals surface area contributed by atoms with E-state index >= 15 is 0 Å². The number of hydrogen-bond donors (Lipinski definition) is 0. The third-order valence-corrected chi connectivity index (χ3v) is 5.32. The summed E-state index contributed by atoms with van der Waals surface area (Å²) in [5.41, 5.74) is 1.75. The molecule has 30 heavy (non-hydrogen) atoms. The first kappa shape index (κ1) is 18.4. The molecule has 2 heterocycles. The summed E-state index contributed by atoms with van der Waals surface area (Å²) in [6.45, 7) is 0. The Labute approximate surface area is 178 Å². The average Bonchev–Trinajstić information content (AvgIpc) is 3.25. The fourth-order valence-corrected chi connectivity index (χ4v) is 3.57. The fourth-order valence-electron chi connectivity index (χ4n) is 3.30. The van der Waals surface area contributed by atoms with Crippen molar-refractivity contribution in [1.29, 1.82) is 0 Å². The van der Waals surface area contributed by atoms with E-state index in [2.05, 4.69) is 26.1 Å². The predicted molar refractivity (Wildman–Crippen MR) is 116 cm³/mol. The highest BCUT2D eigenvalue weighted by Gasteiger charge is 2.17. The topological polar surface area (TPSA) is 60.9 Å². The number of hydrogen-bond acceptors (Lipinski definition) is 4. The van der Waals surface area contributed by atoms with Crippen molar-refractivity contribution in [1.82, 2.24) is 14.7 Å². The first-order chi connectivity index (χ1) is 14.6. The van der Waals surface area contributed by atoms with Gasteiger partial charge in [0.1, 0.15) is 5.82 Å². The summed E-state index contributed by atoms with van der Waals surface area (Å²) in [5.74, 6) is 0.366. The minimum Gasteiger partial charge on any atom is -0.334 e. The Morgan fingerprint density at radius 2 is 1.60 bits per heavy atom. The molecular formula is C23H13BrFN3O2. The number of nitrogens with zero attached hydrogens (tertiary/aromatic N) is 3. The van der Waals surface area contributed by atoms with Crippen LogP contribution in [0.3, 0.4) is 0 Å². The van der Waals surface area contributed by atoms with E-state index in [1.54, 1.807) is 30.5 Å². The van der Waals surface area contributed by atoms with E-state index in [-0.39, 0.29) is 11.4 Å². The average molecular weight is 462 g/mol. The van der Waals surface area contributed by atoms with Crippen LogP contribution in [0.15, 0.2) is 92.8 Å². The minimum absolute atomic E-state index is 0.214. The Kier molecular flexibility index (Phi) is 4.52. The number of halogens is 2. The second-order valence-electron chi connectivity index (χ2n) is 6.67. The number of benzene rings is 3. The summed E-state index contributed by atoms with van der Waals surface area (Å²) in [6.07, 6.45) is 1.65. The fraction of sp³-hybridized carbons (Fsp3) is 0. The largest absolute Gasteiger partial charge is 0.334 e. The number of aromatic nitrogens is 3. The summed E-state index contributed by atoms with van der Waals surface area (Å²) < 4.78 is 21.3. The molecule has 5 aromatic rings. The van der Waals surface area contributed by atoms with E-state index in [0.717, 1.165) is 10.0 Å². The number of fused-ring (bicyclic) bond motifs is 1. The Morgan fingerprint density at radius 3 is 2.33 bits per heavy atom. The quantitative estimate of drug-likeness (QED) is 0.350. The van der Waals surface area contributed by atoms with Crippen LogP contribution in [0, 0.1) is 5.82 Å². The standard InChI is InChI=1S/C23H13BrFN3O2/c24-15-7-5-14(6-8-15)21-26-22(30-27-21)20-13-28(17-11-9-16(25)10-12-17)23(29)19-4-2-1-3-18(19)20/h1-13H. The molecule has 5 nitrogen and oxygen atoms in total. The van der Waals surface area contributed by atoms with Gasteiger partial charge in [-0.15, -0.1) is 0 Å². The molecule has 0 atom stereocenters. The molecule has 0 spiro atoms. The van der Waals surface area contributed by atoms with Gasteiger partial charge in [0.15, 0.2) is 0 Å². The monoisotopic (exact) mass is 461 g/mol. The van der Waals surface area contributed by atoms with Gasteiger partial charge in [-0.1, -0.05) is 39.3 Å². The summed E-state index contributed by atoms with van der Waals surface area (Å²) in [6, 6.07) is 20.5. The van der Waals surface area contributed by atoms with Gasteiger partial charge in [-0.05, 0) is 54.6 Å². The van der Waals surface area contributed by atoms with E-state index in [0.29, 0.717) is 33.7 Å². The van der Waals surface area contributed by atoms with Gasteiger partial charge in [0, 0.05) is 32.7 Å². The minimum atomic E-state index is -0.371. The van der Waals surface area contributed by atoms with E-state index in [9.17, 15) is 9.18 Å². The van der Waals surface area contributed by atoms with Gasteiger partial charge in [-0.3, -0.25) is 9.36 Å². The summed E-state index contributed by atoms with van der Waals surface area (Å²) in [7, 11) is 0. The van der Waals surface area contributed by atoms with Crippen molar-refractivity contribution in [2.75, 3.05) is 0 Å². The zero-order valence-electron chi connectivity index (χ0n) is 15.4. The van der Waals surface area contributed by atoms with Gasteiger partial charge < -0.3 is 4.52 Å². The van der Waals surface area contributed by atoms with E-state index in [1.807, 2.05) is 36.4 Å². The maximum Gasteiger partial charge on any atom is 0.262 e. The van der Waals surface area contributed by atoms with Crippen molar-refractivity contribution >= 4 is 26.7 Å². The van der Waals surface area contributed by atoms with Gasteiger partial charge >= 0.3 is 0 Å². The highest BCUT2D eigenvalue weighted by atomic mass is 79.9. The Morgan fingerprint density at radius 1 is 0.900 bits per heavy atom. The highest BCUT2D eigenvalue weighted by Crippen LogP contribution is 2.29. The van der Waals surface area contributed by atoms with Crippen molar-refractivity contribution in [2.24, 2.45) is 0 Å². The first-order valence-electron chi connectivity index (χ1n) is 9.10. The van der Waals surface area contributed by atoms with Crippen molar-refractivity contribution in [3.05, 3.63) is 99.6 Å². The number of rotatable bonds is 3. The third kappa shape index (κ3) is 3.23. The molecule has 0 bridgehead atoms. The summed E-state index contributed by atoms with van der Waals surface area (Å²) >= 11 is 3.41. The van der Waals surface area contributed by atoms with Crippen LogP contribution in [0.5, 0.6) is 0 Å².